The molecule has 2 amide bonds. The number of nitrogens with zero attached hydrogens (tertiary/aromatic N) is 3. The number of benzene rings is 1. The summed E-state index contributed by atoms with van der Waals surface area (Å²) in [5.41, 5.74) is 0.524. The molecule has 1 atom stereocenters. The van der Waals surface area contributed by atoms with Gasteiger partial charge in [0.1, 0.15) is 11.0 Å². The van der Waals surface area contributed by atoms with E-state index in [0.29, 0.717) is 21.6 Å². The minimum absolute atomic E-state index is 0.00514. The molecule has 0 radical (unpaired) electrons. The summed E-state index contributed by atoms with van der Waals surface area (Å²) in [6, 6.07) is 6.58. The lowest BCUT2D eigenvalue weighted by Gasteiger charge is -2.09. The lowest BCUT2D eigenvalue weighted by molar-refractivity contribution is -0.122. The number of carbonyl (C=O) groups excluding carboxylic acids is 2. The summed E-state index contributed by atoms with van der Waals surface area (Å²) >= 11 is 7.19. The monoisotopic (exact) mass is 391 g/mol. The van der Waals surface area contributed by atoms with Crippen LogP contribution >= 0.6 is 23.4 Å². The molecule has 1 aliphatic rings. The smallest absolute Gasteiger partial charge is 0.251 e. The lowest BCUT2D eigenvalue weighted by atomic mass is 10.2. The van der Waals surface area contributed by atoms with E-state index in [0.717, 1.165) is 11.8 Å². The van der Waals surface area contributed by atoms with Crippen LogP contribution in [0.25, 0.3) is 0 Å². The summed E-state index contributed by atoms with van der Waals surface area (Å²) in [4.78, 5) is 36.3. The summed E-state index contributed by atoms with van der Waals surface area (Å²) in [7, 11) is 1.51. The van der Waals surface area contributed by atoms with Gasteiger partial charge >= 0.3 is 0 Å². The third kappa shape index (κ3) is 4.50. The summed E-state index contributed by atoms with van der Waals surface area (Å²) in [6.07, 6.45) is 3.10. The Morgan fingerprint density at radius 1 is 1.42 bits per heavy atom. The van der Waals surface area contributed by atoms with Crippen molar-refractivity contribution in [3.8, 4) is 5.75 Å². The molecule has 2 heterocycles. The Morgan fingerprint density at radius 2 is 2.19 bits per heavy atom. The molecule has 1 fully saturated rings. The van der Waals surface area contributed by atoms with E-state index in [4.69, 9.17) is 16.3 Å². The van der Waals surface area contributed by atoms with Crippen LogP contribution in [0.1, 0.15) is 6.42 Å². The van der Waals surface area contributed by atoms with Crippen LogP contribution in [0.3, 0.4) is 0 Å². The lowest BCUT2D eigenvalue weighted by Crippen LogP contribution is -2.28. The number of methoxy groups -OCH3 is 1. The number of halogens is 1. The van der Waals surface area contributed by atoms with Gasteiger partial charge in [-0.15, -0.1) is 0 Å². The first-order valence-corrected chi connectivity index (χ1v) is 8.77. The molecule has 1 aliphatic heterocycles. The van der Waals surface area contributed by atoms with Crippen molar-refractivity contribution in [1.82, 2.24) is 15.3 Å². The second-order valence-corrected chi connectivity index (χ2v) is 6.76. The Kier molecular flexibility index (Phi) is 5.69. The molecule has 26 heavy (non-hydrogen) atoms. The number of aliphatic imine (C=N–C) groups is 1. The van der Waals surface area contributed by atoms with Gasteiger partial charge in [-0.25, -0.2) is 9.97 Å². The number of hydrogen-bond acceptors (Lipinski definition) is 7. The van der Waals surface area contributed by atoms with Crippen molar-refractivity contribution in [2.45, 2.75) is 11.7 Å². The minimum atomic E-state index is -0.578. The van der Waals surface area contributed by atoms with Crippen LogP contribution in [0.4, 0.5) is 11.6 Å². The average molecular weight is 392 g/mol. The van der Waals surface area contributed by atoms with E-state index in [1.165, 1.54) is 7.11 Å². The number of ether oxygens (including phenoxy) is 1. The predicted octanol–water partition coefficient (Wildman–Crippen LogP) is 2.39. The number of rotatable bonds is 5. The van der Waals surface area contributed by atoms with E-state index in [1.54, 1.807) is 36.7 Å². The van der Waals surface area contributed by atoms with Gasteiger partial charge in [0, 0.05) is 24.5 Å². The quantitative estimate of drug-likeness (QED) is 0.810. The highest BCUT2D eigenvalue weighted by atomic mass is 35.5. The minimum Gasteiger partial charge on any atom is -0.495 e. The first-order chi connectivity index (χ1) is 12.5. The van der Waals surface area contributed by atoms with Crippen LogP contribution in [-0.4, -0.2) is 39.3 Å². The number of anilines is 1. The zero-order valence-corrected chi connectivity index (χ0v) is 15.2. The van der Waals surface area contributed by atoms with Crippen LogP contribution in [0.5, 0.6) is 5.75 Å². The summed E-state index contributed by atoms with van der Waals surface area (Å²) in [5.74, 6) is 0.163. The Balaban J connectivity index is 1.60. The second kappa shape index (κ2) is 8.15. The van der Waals surface area contributed by atoms with Crippen LogP contribution in [0.15, 0.2) is 41.7 Å². The highest BCUT2D eigenvalue weighted by Crippen LogP contribution is 2.28. The van der Waals surface area contributed by atoms with Gasteiger partial charge in [-0.1, -0.05) is 23.4 Å². The third-order valence-electron chi connectivity index (χ3n) is 3.34. The van der Waals surface area contributed by atoms with Gasteiger partial charge in [-0.05, 0) is 24.3 Å². The molecule has 10 heteroatoms. The third-order valence-corrected chi connectivity index (χ3v) is 4.71. The van der Waals surface area contributed by atoms with Crippen molar-refractivity contribution >= 4 is 52.0 Å². The molecule has 0 spiro atoms. The molecule has 1 aromatic heterocycles. The number of thioether (sulfide) groups is 1. The number of aromatic nitrogens is 2. The molecule has 0 bridgehead atoms. The van der Waals surface area contributed by atoms with E-state index < -0.39 is 5.25 Å². The Morgan fingerprint density at radius 3 is 2.88 bits per heavy atom. The number of amidine groups is 1. The van der Waals surface area contributed by atoms with Gasteiger partial charge in [-0.2, -0.15) is 4.99 Å². The van der Waals surface area contributed by atoms with Crippen molar-refractivity contribution in [2.75, 3.05) is 12.4 Å². The SMILES string of the molecule is COc1ccc(NC(=O)CC2S/C(=N\c3ncccn3)NC2=O)cc1Cl. The van der Waals surface area contributed by atoms with Crippen LogP contribution in [0, 0.1) is 0 Å². The molecular weight excluding hydrogens is 378 g/mol. The van der Waals surface area contributed by atoms with Gasteiger partial charge < -0.3 is 15.4 Å². The summed E-state index contributed by atoms with van der Waals surface area (Å²) in [6.45, 7) is 0. The summed E-state index contributed by atoms with van der Waals surface area (Å²) < 4.78 is 5.06. The van der Waals surface area contributed by atoms with Crippen molar-refractivity contribution in [3.63, 3.8) is 0 Å². The van der Waals surface area contributed by atoms with Gasteiger partial charge in [-0.3, -0.25) is 9.59 Å². The van der Waals surface area contributed by atoms with Crippen molar-refractivity contribution in [2.24, 2.45) is 4.99 Å². The fraction of sp³-hybridized carbons (Fsp3) is 0.188. The Labute approximate surface area is 158 Å². The highest BCUT2D eigenvalue weighted by molar-refractivity contribution is 8.15. The standard InChI is InChI=1S/C16H14ClN5O3S/c1-25-11-4-3-9(7-10(11)17)20-13(23)8-12-14(24)21-16(26-12)22-15-18-5-2-6-19-15/h2-7,12H,8H2,1H3,(H,20,23)(H,18,19,21,22,24). The molecule has 0 aliphatic carbocycles. The topological polar surface area (TPSA) is 106 Å². The molecule has 2 N–H and O–H groups in total. The number of nitrogens with one attached hydrogen (secondary N) is 2. The molecule has 0 saturated carbocycles. The zero-order valence-electron chi connectivity index (χ0n) is 13.6. The van der Waals surface area contributed by atoms with E-state index in [9.17, 15) is 9.59 Å². The largest absolute Gasteiger partial charge is 0.495 e. The van der Waals surface area contributed by atoms with Crippen LogP contribution in [-0.2, 0) is 9.59 Å². The fourth-order valence-corrected chi connectivity index (χ4v) is 3.38. The maximum absolute atomic E-state index is 12.2. The first-order valence-electron chi connectivity index (χ1n) is 7.52. The molecule has 3 rings (SSSR count). The number of carbonyl (C=O) groups is 2. The molecule has 134 valence electrons. The number of hydrogen-bond donors (Lipinski definition) is 2. The van der Waals surface area contributed by atoms with Gasteiger partial charge in [0.15, 0.2) is 5.17 Å². The van der Waals surface area contributed by atoms with E-state index in [2.05, 4.69) is 25.6 Å². The fourth-order valence-electron chi connectivity index (χ4n) is 2.16. The first kappa shape index (κ1) is 18.2. The van der Waals surface area contributed by atoms with Crippen molar-refractivity contribution in [1.29, 1.82) is 0 Å². The van der Waals surface area contributed by atoms with E-state index >= 15 is 0 Å². The summed E-state index contributed by atoms with van der Waals surface area (Å²) in [5, 5.41) is 5.51. The molecule has 8 nitrogen and oxygen atoms in total. The predicted molar refractivity (Wildman–Crippen MR) is 99.9 cm³/mol. The molecule has 1 unspecified atom stereocenters. The molecule has 1 aromatic carbocycles. The Hall–Kier alpha value is -2.65. The zero-order chi connectivity index (χ0) is 18.5. The maximum Gasteiger partial charge on any atom is 0.251 e. The average Bonchev–Trinajstić information content (AvgIpc) is 2.95. The van der Waals surface area contributed by atoms with E-state index in [-0.39, 0.29) is 24.2 Å². The van der Waals surface area contributed by atoms with Crippen LogP contribution < -0.4 is 15.4 Å². The molecule has 2 aromatic rings. The normalized spacial score (nSPS) is 17.8. The van der Waals surface area contributed by atoms with Crippen LogP contribution in [0.2, 0.25) is 5.02 Å². The number of amides is 2. The van der Waals surface area contributed by atoms with Crippen molar-refractivity contribution < 1.29 is 14.3 Å². The van der Waals surface area contributed by atoms with Gasteiger partial charge in [0.25, 0.3) is 5.95 Å². The van der Waals surface area contributed by atoms with Crippen molar-refractivity contribution in [3.05, 3.63) is 41.7 Å². The Bertz CT molecular complexity index is 862. The molecular formula is C16H14ClN5O3S. The maximum atomic E-state index is 12.2. The van der Waals surface area contributed by atoms with Gasteiger partial charge in [0.2, 0.25) is 11.8 Å². The second-order valence-electron chi connectivity index (χ2n) is 5.16. The van der Waals surface area contributed by atoms with Gasteiger partial charge in [0.05, 0.1) is 12.1 Å². The van der Waals surface area contributed by atoms with E-state index in [1.807, 2.05) is 0 Å². The highest BCUT2D eigenvalue weighted by Gasteiger charge is 2.32. The molecule has 1 saturated heterocycles.